The minimum absolute atomic E-state index is 0.139. The predicted molar refractivity (Wildman–Crippen MR) is 158 cm³/mol. The Morgan fingerprint density at radius 1 is 0.974 bits per heavy atom. The van der Waals surface area contributed by atoms with Crippen molar-refractivity contribution in [2.45, 2.75) is 56.9 Å². The molecule has 2 aliphatic carbocycles. The minimum Gasteiger partial charge on any atom is -0.345 e. The first-order valence-corrected chi connectivity index (χ1v) is 14.3. The van der Waals surface area contributed by atoms with Crippen LogP contribution in [0.3, 0.4) is 0 Å². The Kier molecular flexibility index (Phi) is 5.74. The first-order chi connectivity index (χ1) is 18.9. The van der Waals surface area contributed by atoms with Gasteiger partial charge in [-0.3, -0.25) is 4.90 Å². The van der Waals surface area contributed by atoms with Gasteiger partial charge in [-0.05, 0) is 77.2 Å². The molecule has 0 saturated carbocycles. The van der Waals surface area contributed by atoms with Crippen LogP contribution in [0.4, 0.5) is 0 Å². The molecule has 3 aliphatic rings. The number of nitrogens with one attached hydrogen (secondary N) is 2. The van der Waals surface area contributed by atoms with E-state index < -0.39 is 0 Å². The molecule has 198 valence electrons. The third-order valence-electron chi connectivity index (χ3n) is 9.13. The van der Waals surface area contributed by atoms with E-state index in [4.69, 9.17) is 4.98 Å². The van der Waals surface area contributed by atoms with E-state index >= 15 is 0 Å². The fraction of sp³-hybridized carbons (Fsp3) is 0.353. The second-order valence-corrected chi connectivity index (χ2v) is 12.6. The summed E-state index contributed by atoms with van der Waals surface area (Å²) in [7, 11) is 2.20. The number of hydrogen-bond acceptors (Lipinski definition) is 3. The highest BCUT2D eigenvalue weighted by Crippen LogP contribution is 2.54. The van der Waals surface area contributed by atoms with Crippen molar-refractivity contribution in [1.29, 1.82) is 0 Å². The van der Waals surface area contributed by atoms with E-state index in [0.29, 0.717) is 23.8 Å². The Morgan fingerprint density at radius 2 is 1.82 bits per heavy atom. The molecule has 1 fully saturated rings. The van der Waals surface area contributed by atoms with Gasteiger partial charge in [0.15, 0.2) is 0 Å². The van der Waals surface area contributed by atoms with E-state index in [1.54, 1.807) is 6.33 Å². The van der Waals surface area contributed by atoms with Gasteiger partial charge < -0.3 is 9.97 Å². The van der Waals surface area contributed by atoms with Gasteiger partial charge >= 0.3 is 0 Å². The van der Waals surface area contributed by atoms with Crippen LogP contribution in [0.1, 0.15) is 85.3 Å². The Morgan fingerprint density at radius 3 is 2.54 bits per heavy atom. The van der Waals surface area contributed by atoms with Crippen molar-refractivity contribution >= 4 is 5.57 Å². The summed E-state index contributed by atoms with van der Waals surface area (Å²) in [6.45, 7) is 7.98. The van der Waals surface area contributed by atoms with Crippen LogP contribution < -0.4 is 0 Å². The third kappa shape index (κ3) is 4.20. The monoisotopic (exact) mass is 515 g/mol. The zero-order valence-electron chi connectivity index (χ0n) is 23.3. The van der Waals surface area contributed by atoms with Crippen LogP contribution in [-0.4, -0.2) is 38.4 Å². The lowest BCUT2D eigenvalue weighted by molar-refractivity contribution is 0.307. The van der Waals surface area contributed by atoms with E-state index in [2.05, 4.69) is 108 Å². The number of rotatable bonds is 4. The van der Waals surface area contributed by atoms with Gasteiger partial charge in [-0.15, -0.1) is 0 Å². The molecule has 5 nitrogen and oxygen atoms in total. The number of H-pyrrole nitrogens is 2. The topological polar surface area (TPSA) is 60.6 Å². The standard InChI is InChI=1S/C34H37N5/c1-34(2,3)24-11-7-21(8-12-24)32-26-14-10-22(29-18-35-20-37-29)16-27(26)25-13-9-23(17-28(25)32)30-19-36-33(38-30)31-6-5-15-39(31)4/h7-14,16-20,26-27,31-32H,5-6,15H2,1-4H3,(H,35,37)(H,36,38). The van der Waals surface area contributed by atoms with Crippen LogP contribution in [0.25, 0.3) is 16.8 Å². The molecular formula is C34H37N5. The van der Waals surface area contributed by atoms with Crippen molar-refractivity contribution < 1.29 is 0 Å². The first-order valence-electron chi connectivity index (χ1n) is 14.3. The number of imidazole rings is 2. The van der Waals surface area contributed by atoms with Gasteiger partial charge in [0.05, 0.1) is 36.2 Å². The molecule has 39 heavy (non-hydrogen) atoms. The number of benzene rings is 2. The second-order valence-electron chi connectivity index (χ2n) is 12.6. The lowest BCUT2D eigenvalue weighted by Gasteiger charge is -2.26. The number of nitrogens with zero attached hydrogens (tertiary/aromatic N) is 3. The Hall–Kier alpha value is -3.70. The maximum absolute atomic E-state index is 4.81. The van der Waals surface area contributed by atoms with Crippen LogP contribution >= 0.6 is 0 Å². The quantitative estimate of drug-likeness (QED) is 0.298. The van der Waals surface area contributed by atoms with Crippen molar-refractivity contribution in [2.24, 2.45) is 5.92 Å². The van der Waals surface area contributed by atoms with Crippen LogP contribution in [0.5, 0.6) is 0 Å². The average molecular weight is 516 g/mol. The molecule has 3 heterocycles. The highest BCUT2D eigenvalue weighted by molar-refractivity contribution is 5.75. The number of allylic oxidation sites excluding steroid dienone is 4. The van der Waals surface area contributed by atoms with E-state index in [1.165, 1.54) is 46.2 Å². The van der Waals surface area contributed by atoms with Crippen molar-refractivity contribution in [2.75, 3.05) is 13.6 Å². The van der Waals surface area contributed by atoms with Crippen LogP contribution in [-0.2, 0) is 5.41 Å². The molecule has 0 radical (unpaired) electrons. The van der Waals surface area contributed by atoms with E-state index in [1.807, 2.05) is 12.4 Å². The molecule has 4 aromatic rings. The van der Waals surface area contributed by atoms with Gasteiger partial charge in [-0.2, -0.15) is 0 Å². The number of aromatic amines is 2. The van der Waals surface area contributed by atoms with Gasteiger partial charge in [0, 0.05) is 11.8 Å². The number of likely N-dealkylation sites (tertiary alicyclic amines) is 1. The molecule has 1 saturated heterocycles. The fourth-order valence-electron chi connectivity index (χ4n) is 6.93. The van der Waals surface area contributed by atoms with Crippen LogP contribution in [0, 0.1) is 5.92 Å². The maximum Gasteiger partial charge on any atom is 0.123 e. The highest BCUT2D eigenvalue weighted by atomic mass is 15.2. The molecule has 1 aliphatic heterocycles. The number of fused-ring (bicyclic) bond motifs is 3. The summed E-state index contributed by atoms with van der Waals surface area (Å²) in [6, 6.07) is 16.8. The number of aromatic nitrogens is 4. The van der Waals surface area contributed by atoms with Crippen molar-refractivity contribution in [3.8, 4) is 11.3 Å². The van der Waals surface area contributed by atoms with Gasteiger partial charge in [-0.1, -0.05) is 75.4 Å². The van der Waals surface area contributed by atoms with Crippen molar-refractivity contribution in [3.63, 3.8) is 0 Å². The molecule has 5 heteroatoms. The minimum atomic E-state index is 0.139. The smallest absolute Gasteiger partial charge is 0.123 e. The normalized spacial score (nSPS) is 24.6. The molecule has 2 aromatic heterocycles. The number of hydrogen-bond donors (Lipinski definition) is 2. The van der Waals surface area contributed by atoms with E-state index in [-0.39, 0.29) is 5.41 Å². The summed E-state index contributed by atoms with van der Waals surface area (Å²) in [5.74, 6) is 2.10. The van der Waals surface area contributed by atoms with Crippen LogP contribution in [0.15, 0.2) is 79.4 Å². The summed E-state index contributed by atoms with van der Waals surface area (Å²) < 4.78 is 0. The zero-order valence-corrected chi connectivity index (χ0v) is 23.3. The van der Waals surface area contributed by atoms with Crippen LogP contribution in [0.2, 0.25) is 0 Å². The summed E-state index contributed by atoms with van der Waals surface area (Å²) in [5, 5.41) is 0. The molecule has 0 spiro atoms. The highest BCUT2D eigenvalue weighted by Gasteiger charge is 2.41. The maximum atomic E-state index is 4.81. The fourth-order valence-corrected chi connectivity index (χ4v) is 6.93. The third-order valence-corrected chi connectivity index (χ3v) is 9.13. The van der Waals surface area contributed by atoms with Crippen molar-refractivity contribution in [1.82, 2.24) is 24.8 Å². The average Bonchev–Trinajstić information content (AvgIpc) is 3.74. The Bertz CT molecular complexity index is 1550. The van der Waals surface area contributed by atoms with Crippen molar-refractivity contribution in [3.05, 3.63) is 113 Å². The molecule has 0 bridgehead atoms. The Balaban J connectivity index is 1.30. The van der Waals surface area contributed by atoms with Gasteiger partial charge in [0.2, 0.25) is 0 Å². The summed E-state index contributed by atoms with van der Waals surface area (Å²) >= 11 is 0. The van der Waals surface area contributed by atoms with Gasteiger partial charge in [0.1, 0.15) is 5.82 Å². The molecule has 7 rings (SSSR count). The summed E-state index contributed by atoms with van der Waals surface area (Å²) in [5.41, 5.74) is 10.3. The molecule has 4 unspecified atom stereocenters. The summed E-state index contributed by atoms with van der Waals surface area (Å²) in [6.07, 6.45) is 15.2. The first kappa shape index (κ1) is 24.3. The van der Waals surface area contributed by atoms with Gasteiger partial charge in [-0.25, -0.2) is 9.97 Å². The molecule has 0 amide bonds. The van der Waals surface area contributed by atoms with E-state index in [0.717, 1.165) is 23.8 Å². The predicted octanol–water partition coefficient (Wildman–Crippen LogP) is 7.36. The molecular weight excluding hydrogens is 478 g/mol. The second kappa shape index (κ2) is 9.20. The lowest BCUT2D eigenvalue weighted by atomic mass is 9.78. The lowest BCUT2D eigenvalue weighted by Crippen LogP contribution is -2.18. The van der Waals surface area contributed by atoms with Gasteiger partial charge in [0.25, 0.3) is 0 Å². The molecule has 2 aromatic carbocycles. The SMILES string of the molecule is CN1CCCC1c1ncc(-c2ccc3c(c2)C(c2ccc(C(C)(C)C)cc2)C2C=CC(c4cnc[nH]4)=CC32)[nH]1. The Labute approximate surface area is 231 Å². The van der Waals surface area contributed by atoms with E-state index in [9.17, 15) is 0 Å². The summed E-state index contributed by atoms with van der Waals surface area (Å²) in [4.78, 5) is 18.4. The zero-order chi connectivity index (χ0) is 26.7. The largest absolute Gasteiger partial charge is 0.345 e. The molecule has 2 N–H and O–H groups in total. The molecule has 4 atom stereocenters.